The van der Waals surface area contributed by atoms with Crippen LogP contribution in [-0.4, -0.2) is 28.9 Å². The van der Waals surface area contributed by atoms with E-state index >= 15 is 0 Å². The number of esters is 1. The maximum atomic E-state index is 11.9. The number of nitrogens with zero attached hydrogens (tertiary/aromatic N) is 1. The Bertz CT molecular complexity index is 476. The van der Waals surface area contributed by atoms with E-state index in [1.165, 1.54) is 11.3 Å². The smallest absolute Gasteiger partial charge is 0.324 e. The molecule has 0 fully saturated rings. The lowest BCUT2D eigenvalue weighted by molar-refractivity contribution is -0.157. The van der Waals surface area contributed by atoms with Gasteiger partial charge >= 0.3 is 5.97 Å². The van der Waals surface area contributed by atoms with Crippen molar-refractivity contribution in [2.24, 2.45) is 0 Å². The Kier molecular flexibility index (Phi) is 3.49. The van der Waals surface area contributed by atoms with Crippen LogP contribution < -0.4 is 5.32 Å². The second kappa shape index (κ2) is 4.78. The zero-order valence-corrected chi connectivity index (χ0v) is 11.5. The van der Waals surface area contributed by atoms with Crippen LogP contribution in [0.1, 0.15) is 41.1 Å². The molecule has 18 heavy (non-hydrogen) atoms. The van der Waals surface area contributed by atoms with Crippen LogP contribution in [0.3, 0.4) is 0 Å². The minimum absolute atomic E-state index is 0.270. The summed E-state index contributed by atoms with van der Waals surface area (Å²) in [6, 6.07) is -0.377. The van der Waals surface area contributed by atoms with Crippen molar-refractivity contribution in [3.8, 4) is 0 Å². The third-order valence-electron chi connectivity index (χ3n) is 2.49. The number of thiazole rings is 1. The summed E-state index contributed by atoms with van der Waals surface area (Å²) in [5.74, 6) is -0.270. The van der Waals surface area contributed by atoms with Gasteiger partial charge in [0.2, 0.25) is 0 Å². The molecule has 2 heterocycles. The van der Waals surface area contributed by atoms with Gasteiger partial charge in [0, 0.05) is 17.8 Å². The molecule has 0 spiro atoms. The van der Waals surface area contributed by atoms with Gasteiger partial charge in [-0.3, -0.25) is 14.9 Å². The summed E-state index contributed by atoms with van der Waals surface area (Å²) in [6.07, 6.45) is 1.22. The highest BCUT2D eigenvalue weighted by Gasteiger charge is 2.30. The molecule has 0 aliphatic carbocycles. The number of aldehydes is 1. The Balaban J connectivity index is 2.07. The molecule has 2 rings (SSSR count). The summed E-state index contributed by atoms with van der Waals surface area (Å²) in [5, 5.41) is 3.58. The Hall–Kier alpha value is -1.27. The average Bonchev–Trinajstić information content (AvgIpc) is 2.68. The van der Waals surface area contributed by atoms with Crippen LogP contribution in [0.2, 0.25) is 0 Å². The van der Waals surface area contributed by atoms with Gasteiger partial charge in [0.25, 0.3) is 0 Å². The van der Waals surface area contributed by atoms with Gasteiger partial charge in [-0.25, -0.2) is 4.98 Å². The number of fused-ring (bicyclic) bond motifs is 1. The van der Waals surface area contributed by atoms with E-state index in [2.05, 4.69) is 10.3 Å². The second-order valence-electron chi connectivity index (χ2n) is 5.21. The fourth-order valence-electron chi connectivity index (χ4n) is 1.77. The van der Waals surface area contributed by atoms with E-state index in [0.717, 1.165) is 16.9 Å². The van der Waals surface area contributed by atoms with Crippen molar-refractivity contribution in [3.63, 3.8) is 0 Å². The maximum Gasteiger partial charge on any atom is 0.324 e. The lowest BCUT2D eigenvalue weighted by Crippen LogP contribution is -2.44. The fourth-order valence-corrected chi connectivity index (χ4v) is 2.63. The molecular weight excluding hydrogens is 252 g/mol. The Labute approximate surface area is 110 Å². The molecule has 5 nitrogen and oxygen atoms in total. The Morgan fingerprint density at radius 1 is 1.56 bits per heavy atom. The standard InChI is InChI=1S/C12H16N2O3S/c1-12(2,3)17-11(16)8-4-7-9(5-13-8)18-10(6-15)14-7/h6,8,13H,4-5H2,1-3H3/t8-/m1/s1. The lowest BCUT2D eigenvalue weighted by atomic mass is 10.1. The van der Waals surface area contributed by atoms with E-state index in [9.17, 15) is 9.59 Å². The molecule has 0 amide bonds. The largest absolute Gasteiger partial charge is 0.459 e. The topological polar surface area (TPSA) is 68.3 Å². The zero-order chi connectivity index (χ0) is 13.3. The van der Waals surface area contributed by atoms with Crippen molar-refractivity contribution < 1.29 is 14.3 Å². The van der Waals surface area contributed by atoms with Gasteiger partial charge in [-0.15, -0.1) is 11.3 Å². The van der Waals surface area contributed by atoms with Crippen LogP contribution in [0, 0.1) is 0 Å². The number of carbonyl (C=O) groups is 2. The normalized spacial score (nSPS) is 19.2. The quantitative estimate of drug-likeness (QED) is 0.647. The summed E-state index contributed by atoms with van der Waals surface area (Å²) in [7, 11) is 0. The van der Waals surface area contributed by atoms with Crippen molar-refractivity contribution in [1.82, 2.24) is 10.3 Å². The number of rotatable bonds is 2. The van der Waals surface area contributed by atoms with E-state index < -0.39 is 5.60 Å². The highest BCUT2D eigenvalue weighted by molar-refractivity contribution is 7.13. The molecular formula is C12H16N2O3S. The summed E-state index contributed by atoms with van der Waals surface area (Å²) >= 11 is 1.37. The van der Waals surface area contributed by atoms with E-state index in [4.69, 9.17) is 4.74 Å². The molecule has 98 valence electrons. The monoisotopic (exact) mass is 268 g/mol. The molecule has 0 unspecified atom stereocenters. The summed E-state index contributed by atoms with van der Waals surface area (Å²) < 4.78 is 5.33. The number of hydrogen-bond donors (Lipinski definition) is 1. The van der Waals surface area contributed by atoms with Crippen LogP contribution in [-0.2, 0) is 22.5 Å². The van der Waals surface area contributed by atoms with Crippen molar-refractivity contribution in [2.75, 3.05) is 0 Å². The summed E-state index contributed by atoms with van der Waals surface area (Å²) in [4.78, 5) is 27.8. The number of ether oxygens (including phenoxy) is 1. The third kappa shape index (κ3) is 2.94. The van der Waals surface area contributed by atoms with Gasteiger partial charge in [-0.05, 0) is 20.8 Å². The fraction of sp³-hybridized carbons (Fsp3) is 0.583. The van der Waals surface area contributed by atoms with Gasteiger partial charge in [0.05, 0.1) is 5.69 Å². The highest BCUT2D eigenvalue weighted by Crippen LogP contribution is 2.23. The number of nitrogens with one attached hydrogen (secondary N) is 1. The van der Waals surface area contributed by atoms with E-state index in [1.54, 1.807) is 0 Å². The first kappa shape index (κ1) is 13.2. The average molecular weight is 268 g/mol. The Morgan fingerprint density at radius 2 is 2.28 bits per heavy atom. The summed E-state index contributed by atoms with van der Waals surface area (Å²) in [6.45, 7) is 6.08. The van der Waals surface area contributed by atoms with Crippen molar-refractivity contribution in [1.29, 1.82) is 0 Å². The predicted molar refractivity (Wildman–Crippen MR) is 67.7 cm³/mol. The Morgan fingerprint density at radius 3 is 2.89 bits per heavy atom. The molecule has 0 saturated carbocycles. The molecule has 1 aromatic rings. The molecule has 0 saturated heterocycles. The van der Waals surface area contributed by atoms with Gasteiger partial charge < -0.3 is 4.74 Å². The molecule has 6 heteroatoms. The van der Waals surface area contributed by atoms with E-state index in [-0.39, 0.29) is 12.0 Å². The highest BCUT2D eigenvalue weighted by atomic mass is 32.1. The second-order valence-corrected chi connectivity index (χ2v) is 6.33. The van der Waals surface area contributed by atoms with Crippen molar-refractivity contribution in [3.05, 3.63) is 15.6 Å². The molecule has 0 radical (unpaired) electrons. The van der Waals surface area contributed by atoms with Crippen LogP contribution in [0.15, 0.2) is 0 Å². The minimum atomic E-state index is -0.491. The third-order valence-corrected chi connectivity index (χ3v) is 3.52. The first-order valence-electron chi connectivity index (χ1n) is 5.79. The van der Waals surface area contributed by atoms with Crippen molar-refractivity contribution in [2.45, 2.75) is 45.4 Å². The van der Waals surface area contributed by atoms with E-state index in [0.29, 0.717) is 18.0 Å². The first-order valence-corrected chi connectivity index (χ1v) is 6.60. The van der Waals surface area contributed by atoms with Crippen LogP contribution in [0.4, 0.5) is 0 Å². The van der Waals surface area contributed by atoms with Gasteiger partial charge in [0.15, 0.2) is 11.3 Å². The number of hydrogen-bond acceptors (Lipinski definition) is 6. The van der Waals surface area contributed by atoms with Crippen LogP contribution in [0.5, 0.6) is 0 Å². The zero-order valence-electron chi connectivity index (χ0n) is 10.6. The molecule has 0 aromatic carbocycles. The minimum Gasteiger partial charge on any atom is -0.459 e. The maximum absolute atomic E-state index is 11.9. The number of carbonyl (C=O) groups excluding carboxylic acids is 2. The SMILES string of the molecule is CC(C)(C)OC(=O)[C@H]1Cc2nc(C=O)sc2CN1. The first-order chi connectivity index (χ1) is 8.39. The molecule has 1 aliphatic heterocycles. The molecule has 1 N–H and O–H groups in total. The number of aromatic nitrogens is 1. The van der Waals surface area contributed by atoms with Crippen LogP contribution >= 0.6 is 11.3 Å². The van der Waals surface area contributed by atoms with Gasteiger partial charge in [-0.1, -0.05) is 0 Å². The van der Waals surface area contributed by atoms with Gasteiger partial charge in [0.1, 0.15) is 11.6 Å². The molecule has 0 bridgehead atoms. The van der Waals surface area contributed by atoms with E-state index in [1.807, 2.05) is 20.8 Å². The molecule has 1 aliphatic rings. The molecule has 1 aromatic heterocycles. The van der Waals surface area contributed by atoms with Crippen LogP contribution in [0.25, 0.3) is 0 Å². The van der Waals surface area contributed by atoms with Gasteiger partial charge in [-0.2, -0.15) is 0 Å². The predicted octanol–water partition coefficient (Wildman–Crippen LogP) is 1.31. The summed E-state index contributed by atoms with van der Waals surface area (Å²) in [5.41, 5.74) is 0.339. The van der Waals surface area contributed by atoms with Crippen molar-refractivity contribution >= 4 is 23.6 Å². The molecule has 1 atom stereocenters. The lowest BCUT2D eigenvalue weighted by Gasteiger charge is -2.26.